The number of nitrogens with one attached hydrogen (secondary N) is 3. The molecule has 0 spiro atoms. The Bertz CT molecular complexity index is 795. The zero-order valence-electron chi connectivity index (χ0n) is 16.3. The normalized spacial score (nSPS) is 13.4. The van der Waals surface area contributed by atoms with E-state index in [1.165, 1.54) is 31.2 Å². The lowest BCUT2D eigenvalue weighted by atomic mass is 10.1. The van der Waals surface area contributed by atoms with Gasteiger partial charge in [-0.15, -0.1) is 0 Å². The van der Waals surface area contributed by atoms with Gasteiger partial charge in [-0.05, 0) is 24.6 Å². The van der Waals surface area contributed by atoms with Gasteiger partial charge >= 0.3 is 5.97 Å². The molecule has 9 N–H and O–H groups in total. The molecule has 0 aliphatic heterocycles. The number of hydrogen-bond donors (Lipinski definition) is 7. The molecule has 12 heteroatoms. The first-order valence-corrected chi connectivity index (χ1v) is 8.91. The predicted octanol–water partition coefficient (Wildman–Crippen LogP) is -2.67. The minimum absolute atomic E-state index is 0.0130. The molecule has 0 saturated heterocycles. The highest BCUT2D eigenvalue weighted by molar-refractivity contribution is 5.94. The Kier molecular flexibility index (Phi) is 9.23. The zero-order chi connectivity index (χ0) is 22.8. The van der Waals surface area contributed by atoms with Gasteiger partial charge < -0.3 is 37.6 Å². The maximum Gasteiger partial charge on any atom is 0.326 e. The average Bonchev–Trinajstić information content (AvgIpc) is 2.66. The predicted molar refractivity (Wildman–Crippen MR) is 104 cm³/mol. The molecule has 4 amide bonds. The second-order valence-electron chi connectivity index (χ2n) is 6.57. The number of hydrogen-bond acceptors (Lipinski definition) is 7. The molecule has 0 fully saturated rings. The van der Waals surface area contributed by atoms with Crippen molar-refractivity contribution in [3.05, 3.63) is 29.8 Å². The van der Waals surface area contributed by atoms with Crippen LogP contribution in [0.3, 0.4) is 0 Å². The summed E-state index contributed by atoms with van der Waals surface area (Å²) < 4.78 is 0. The second-order valence-corrected chi connectivity index (χ2v) is 6.57. The Hall–Kier alpha value is -3.67. The van der Waals surface area contributed by atoms with Crippen molar-refractivity contribution in [3.8, 4) is 5.75 Å². The van der Waals surface area contributed by atoms with Gasteiger partial charge in [0, 0.05) is 6.42 Å². The number of primary amides is 1. The molecule has 164 valence electrons. The second kappa shape index (κ2) is 11.4. The standard InChI is InChI=1S/C18H25N5O7/c1-9(19)16(27)23-12(7-14(20)25)17(28)21-8-15(26)22-13(18(29)30)6-10-2-4-11(24)5-3-10/h2-5,9,12-13,24H,6-8,19H2,1H3,(H2,20,25)(H,21,28)(H,22,26)(H,23,27)(H,29,30). The van der Waals surface area contributed by atoms with Gasteiger partial charge in [-0.1, -0.05) is 12.1 Å². The van der Waals surface area contributed by atoms with Crippen molar-refractivity contribution in [2.45, 2.75) is 37.9 Å². The third-order valence-electron chi connectivity index (χ3n) is 3.88. The maximum absolute atomic E-state index is 12.2. The number of aliphatic carboxylic acids is 1. The van der Waals surface area contributed by atoms with Gasteiger partial charge in [0.15, 0.2) is 0 Å². The van der Waals surface area contributed by atoms with Crippen LogP contribution < -0.4 is 27.4 Å². The fourth-order valence-electron chi connectivity index (χ4n) is 2.32. The van der Waals surface area contributed by atoms with Crippen LogP contribution in [0.4, 0.5) is 0 Å². The van der Waals surface area contributed by atoms with Crippen LogP contribution >= 0.6 is 0 Å². The van der Waals surface area contributed by atoms with E-state index in [0.29, 0.717) is 5.56 Å². The lowest BCUT2D eigenvalue weighted by Gasteiger charge is -2.19. The minimum Gasteiger partial charge on any atom is -0.508 e. The average molecular weight is 423 g/mol. The fraction of sp³-hybridized carbons (Fsp3) is 0.389. The van der Waals surface area contributed by atoms with Gasteiger partial charge in [-0.3, -0.25) is 19.2 Å². The van der Waals surface area contributed by atoms with Crippen molar-refractivity contribution in [1.82, 2.24) is 16.0 Å². The zero-order valence-corrected chi connectivity index (χ0v) is 16.3. The molecule has 0 radical (unpaired) electrons. The van der Waals surface area contributed by atoms with Crippen LogP contribution in [-0.2, 0) is 30.4 Å². The molecule has 3 atom stereocenters. The van der Waals surface area contributed by atoms with Crippen molar-refractivity contribution in [1.29, 1.82) is 0 Å². The van der Waals surface area contributed by atoms with Gasteiger partial charge in [0.25, 0.3) is 0 Å². The first kappa shape index (κ1) is 24.4. The quantitative estimate of drug-likeness (QED) is 0.199. The first-order valence-electron chi connectivity index (χ1n) is 8.91. The summed E-state index contributed by atoms with van der Waals surface area (Å²) in [6, 6.07) is 2.23. The Morgan fingerprint density at radius 1 is 1.00 bits per heavy atom. The molecule has 0 saturated carbocycles. The molecule has 0 aromatic heterocycles. The lowest BCUT2D eigenvalue weighted by molar-refractivity contribution is -0.141. The van der Waals surface area contributed by atoms with Crippen LogP contribution in [0.25, 0.3) is 0 Å². The smallest absolute Gasteiger partial charge is 0.326 e. The largest absolute Gasteiger partial charge is 0.508 e. The molecule has 1 aromatic carbocycles. The Morgan fingerprint density at radius 2 is 1.60 bits per heavy atom. The highest BCUT2D eigenvalue weighted by Gasteiger charge is 2.25. The Balaban J connectivity index is 2.66. The SMILES string of the molecule is CC(N)C(=O)NC(CC(N)=O)C(=O)NCC(=O)NC(Cc1ccc(O)cc1)C(=O)O. The number of carbonyl (C=O) groups is 5. The van der Waals surface area contributed by atoms with Gasteiger partial charge in [0.2, 0.25) is 23.6 Å². The summed E-state index contributed by atoms with van der Waals surface area (Å²) in [4.78, 5) is 58.4. The molecule has 1 rings (SSSR count). The Morgan fingerprint density at radius 3 is 2.10 bits per heavy atom. The summed E-state index contributed by atoms with van der Waals surface area (Å²) >= 11 is 0. The Labute approximate surface area is 172 Å². The number of phenols is 1. The number of benzene rings is 1. The molecule has 1 aromatic rings. The van der Waals surface area contributed by atoms with Crippen LogP contribution in [0.2, 0.25) is 0 Å². The van der Waals surface area contributed by atoms with E-state index in [1.54, 1.807) is 0 Å². The minimum atomic E-state index is -1.33. The molecule has 0 bridgehead atoms. The molecular formula is C18H25N5O7. The monoisotopic (exact) mass is 423 g/mol. The van der Waals surface area contributed by atoms with Crippen molar-refractivity contribution in [2.75, 3.05) is 6.54 Å². The molecule has 0 aliphatic rings. The van der Waals surface area contributed by atoms with E-state index in [2.05, 4.69) is 16.0 Å². The topological polar surface area (TPSA) is 214 Å². The highest BCUT2D eigenvalue weighted by Crippen LogP contribution is 2.11. The summed E-state index contributed by atoms with van der Waals surface area (Å²) in [5.74, 6) is -4.49. The summed E-state index contributed by atoms with van der Waals surface area (Å²) in [5, 5.41) is 25.3. The molecule has 30 heavy (non-hydrogen) atoms. The highest BCUT2D eigenvalue weighted by atomic mass is 16.4. The number of aromatic hydroxyl groups is 1. The van der Waals surface area contributed by atoms with Crippen LogP contribution in [0.15, 0.2) is 24.3 Å². The summed E-state index contributed by atoms with van der Waals surface area (Å²) in [6.07, 6.45) is -0.561. The van der Waals surface area contributed by atoms with Gasteiger partial charge in [0.05, 0.1) is 19.0 Å². The molecular weight excluding hydrogens is 398 g/mol. The first-order chi connectivity index (χ1) is 14.0. The molecule has 12 nitrogen and oxygen atoms in total. The van der Waals surface area contributed by atoms with Crippen LogP contribution in [0.1, 0.15) is 18.9 Å². The third kappa shape index (κ3) is 8.56. The number of amides is 4. The van der Waals surface area contributed by atoms with E-state index in [9.17, 15) is 34.2 Å². The van der Waals surface area contributed by atoms with Crippen molar-refractivity contribution in [2.24, 2.45) is 11.5 Å². The maximum atomic E-state index is 12.2. The number of phenolic OH excluding ortho intramolecular Hbond substituents is 1. The summed E-state index contributed by atoms with van der Waals surface area (Å²) in [6.45, 7) is 0.781. The van der Waals surface area contributed by atoms with E-state index in [0.717, 1.165) is 0 Å². The van der Waals surface area contributed by atoms with Crippen LogP contribution in [0, 0.1) is 0 Å². The fourth-order valence-corrected chi connectivity index (χ4v) is 2.32. The third-order valence-corrected chi connectivity index (χ3v) is 3.88. The van der Waals surface area contributed by atoms with E-state index in [1.807, 2.05) is 0 Å². The van der Waals surface area contributed by atoms with Crippen molar-refractivity contribution >= 4 is 29.6 Å². The lowest BCUT2D eigenvalue weighted by Crippen LogP contribution is -2.54. The van der Waals surface area contributed by atoms with Crippen molar-refractivity contribution < 1.29 is 34.2 Å². The van der Waals surface area contributed by atoms with E-state index in [4.69, 9.17) is 11.5 Å². The van der Waals surface area contributed by atoms with E-state index >= 15 is 0 Å². The number of carboxylic acid groups (broad SMARTS) is 1. The number of rotatable bonds is 11. The van der Waals surface area contributed by atoms with Crippen LogP contribution in [-0.4, -0.2) is 64.5 Å². The number of nitrogens with two attached hydrogens (primary N) is 2. The van der Waals surface area contributed by atoms with Gasteiger partial charge in [-0.25, -0.2) is 4.79 Å². The molecule has 0 heterocycles. The van der Waals surface area contributed by atoms with Crippen LogP contribution in [0.5, 0.6) is 5.75 Å². The van der Waals surface area contributed by atoms with Gasteiger partial charge in [-0.2, -0.15) is 0 Å². The molecule has 0 aliphatic carbocycles. The van der Waals surface area contributed by atoms with E-state index in [-0.39, 0.29) is 12.2 Å². The van der Waals surface area contributed by atoms with E-state index < -0.39 is 60.7 Å². The van der Waals surface area contributed by atoms with Crippen molar-refractivity contribution in [3.63, 3.8) is 0 Å². The van der Waals surface area contributed by atoms with Gasteiger partial charge in [0.1, 0.15) is 17.8 Å². The molecule has 3 unspecified atom stereocenters. The summed E-state index contributed by atoms with van der Waals surface area (Å²) in [5.41, 5.74) is 11.0. The summed E-state index contributed by atoms with van der Waals surface area (Å²) in [7, 11) is 0. The number of carbonyl (C=O) groups excluding carboxylic acids is 4. The number of carboxylic acids is 1.